The zero-order valence-electron chi connectivity index (χ0n) is 14.7. The number of alkyl halides is 3. The van der Waals surface area contributed by atoms with Crippen molar-refractivity contribution in [3.8, 4) is 0 Å². The largest absolute Gasteiger partial charge is 0.416 e. The molecule has 0 aliphatic heterocycles. The van der Waals surface area contributed by atoms with Crippen LogP contribution in [0.25, 0.3) is 0 Å². The lowest BCUT2D eigenvalue weighted by molar-refractivity contribution is -0.137. The highest BCUT2D eigenvalue weighted by Crippen LogP contribution is 2.31. The van der Waals surface area contributed by atoms with E-state index in [4.69, 9.17) is 0 Å². The molecule has 1 unspecified atom stereocenters. The molecule has 0 spiro atoms. The SMILES string of the molecule is CN(C)c1nccnc1NCC(c1cccc(C(F)(F)F)c1)N(C)C. The number of likely N-dealkylation sites (N-methyl/N-ethyl adjacent to an activating group) is 1. The van der Waals surface area contributed by atoms with Gasteiger partial charge in [0.15, 0.2) is 11.6 Å². The molecule has 0 bridgehead atoms. The Labute approximate surface area is 145 Å². The minimum atomic E-state index is -4.36. The van der Waals surface area contributed by atoms with Crippen molar-refractivity contribution < 1.29 is 13.2 Å². The van der Waals surface area contributed by atoms with E-state index in [1.165, 1.54) is 12.1 Å². The van der Waals surface area contributed by atoms with E-state index in [1.54, 1.807) is 18.5 Å². The molecule has 1 heterocycles. The van der Waals surface area contributed by atoms with Crippen LogP contribution in [-0.4, -0.2) is 49.6 Å². The normalized spacial score (nSPS) is 13.0. The summed E-state index contributed by atoms with van der Waals surface area (Å²) < 4.78 is 38.9. The number of anilines is 2. The second kappa shape index (κ2) is 7.69. The maximum absolute atomic E-state index is 13.0. The fraction of sp³-hybridized carbons (Fsp3) is 0.412. The maximum Gasteiger partial charge on any atom is 0.416 e. The smallest absolute Gasteiger partial charge is 0.365 e. The van der Waals surface area contributed by atoms with Crippen molar-refractivity contribution in [2.75, 3.05) is 45.0 Å². The molecular weight excluding hydrogens is 331 g/mol. The van der Waals surface area contributed by atoms with Gasteiger partial charge in [0.1, 0.15) is 0 Å². The second-order valence-electron chi connectivity index (χ2n) is 6.11. The lowest BCUT2D eigenvalue weighted by Crippen LogP contribution is -2.28. The molecule has 0 amide bonds. The van der Waals surface area contributed by atoms with Gasteiger partial charge in [-0.15, -0.1) is 0 Å². The number of rotatable bonds is 6. The van der Waals surface area contributed by atoms with Crippen LogP contribution in [0.4, 0.5) is 24.8 Å². The van der Waals surface area contributed by atoms with Gasteiger partial charge in [0.05, 0.1) is 11.6 Å². The quantitative estimate of drug-likeness (QED) is 0.863. The number of aromatic nitrogens is 2. The molecule has 136 valence electrons. The molecule has 1 aromatic heterocycles. The summed E-state index contributed by atoms with van der Waals surface area (Å²) in [6.07, 6.45) is -1.19. The van der Waals surface area contributed by atoms with Crippen LogP contribution in [-0.2, 0) is 6.18 Å². The highest BCUT2D eigenvalue weighted by Gasteiger charge is 2.31. The molecule has 1 N–H and O–H groups in total. The monoisotopic (exact) mass is 353 g/mol. The van der Waals surface area contributed by atoms with Crippen LogP contribution in [0.3, 0.4) is 0 Å². The van der Waals surface area contributed by atoms with Gasteiger partial charge in [0, 0.05) is 33.0 Å². The molecule has 2 aromatic rings. The summed E-state index contributed by atoms with van der Waals surface area (Å²) in [6.45, 7) is 0.397. The Hall–Kier alpha value is -2.35. The first-order valence-electron chi connectivity index (χ1n) is 7.76. The molecule has 0 aliphatic carbocycles. The summed E-state index contributed by atoms with van der Waals surface area (Å²) in [4.78, 5) is 12.2. The van der Waals surface area contributed by atoms with Crippen LogP contribution in [0, 0.1) is 0 Å². The minimum Gasteiger partial charge on any atom is -0.365 e. The number of hydrogen-bond donors (Lipinski definition) is 1. The van der Waals surface area contributed by atoms with E-state index in [0.717, 1.165) is 6.07 Å². The molecule has 0 radical (unpaired) electrons. The zero-order chi connectivity index (χ0) is 18.6. The third-order valence-electron chi connectivity index (χ3n) is 3.79. The van der Waals surface area contributed by atoms with Crippen molar-refractivity contribution in [3.05, 3.63) is 47.8 Å². The number of benzene rings is 1. The Balaban J connectivity index is 2.23. The highest BCUT2D eigenvalue weighted by atomic mass is 19.4. The van der Waals surface area contributed by atoms with Crippen LogP contribution >= 0.6 is 0 Å². The predicted octanol–water partition coefficient (Wildman–Crippen LogP) is 3.28. The van der Waals surface area contributed by atoms with E-state index in [-0.39, 0.29) is 6.04 Å². The first kappa shape index (κ1) is 19.0. The first-order valence-corrected chi connectivity index (χ1v) is 7.76. The average Bonchev–Trinajstić information content (AvgIpc) is 2.54. The Morgan fingerprint density at radius 2 is 1.76 bits per heavy atom. The molecule has 0 saturated carbocycles. The van der Waals surface area contributed by atoms with Gasteiger partial charge in [-0.25, -0.2) is 9.97 Å². The van der Waals surface area contributed by atoms with Gasteiger partial charge in [-0.3, -0.25) is 0 Å². The summed E-state index contributed by atoms with van der Waals surface area (Å²) in [6, 6.07) is 5.15. The van der Waals surface area contributed by atoms with Gasteiger partial charge in [0.25, 0.3) is 0 Å². The van der Waals surface area contributed by atoms with E-state index >= 15 is 0 Å². The number of halogens is 3. The zero-order valence-corrected chi connectivity index (χ0v) is 14.7. The van der Waals surface area contributed by atoms with Gasteiger partial charge in [-0.1, -0.05) is 12.1 Å². The summed E-state index contributed by atoms with van der Waals surface area (Å²) >= 11 is 0. The van der Waals surface area contributed by atoms with Crippen LogP contribution in [0.5, 0.6) is 0 Å². The molecule has 1 atom stereocenters. The Morgan fingerprint density at radius 3 is 2.36 bits per heavy atom. The van der Waals surface area contributed by atoms with E-state index in [1.807, 2.05) is 38.0 Å². The average molecular weight is 353 g/mol. The minimum absolute atomic E-state index is 0.251. The fourth-order valence-corrected chi connectivity index (χ4v) is 2.50. The van der Waals surface area contributed by atoms with E-state index < -0.39 is 11.7 Å². The Kier molecular flexibility index (Phi) is 5.84. The van der Waals surface area contributed by atoms with Gasteiger partial charge in [-0.2, -0.15) is 13.2 Å². The molecule has 25 heavy (non-hydrogen) atoms. The summed E-state index contributed by atoms with van der Waals surface area (Å²) in [5.74, 6) is 1.26. The Morgan fingerprint density at radius 1 is 1.08 bits per heavy atom. The molecule has 0 saturated heterocycles. The van der Waals surface area contributed by atoms with Gasteiger partial charge in [0.2, 0.25) is 0 Å². The van der Waals surface area contributed by atoms with Gasteiger partial charge in [-0.05, 0) is 31.8 Å². The fourth-order valence-electron chi connectivity index (χ4n) is 2.50. The van der Waals surface area contributed by atoms with E-state index in [2.05, 4.69) is 15.3 Å². The van der Waals surface area contributed by atoms with Crippen molar-refractivity contribution >= 4 is 11.6 Å². The lowest BCUT2D eigenvalue weighted by atomic mass is 10.0. The van der Waals surface area contributed by atoms with Crippen molar-refractivity contribution in [2.24, 2.45) is 0 Å². The van der Waals surface area contributed by atoms with Crippen molar-refractivity contribution in [1.82, 2.24) is 14.9 Å². The van der Waals surface area contributed by atoms with E-state index in [0.29, 0.717) is 23.7 Å². The van der Waals surface area contributed by atoms with Crippen LogP contribution < -0.4 is 10.2 Å². The Bertz CT molecular complexity index is 701. The molecule has 0 aliphatic rings. The summed E-state index contributed by atoms with van der Waals surface area (Å²) in [7, 11) is 7.36. The molecule has 5 nitrogen and oxygen atoms in total. The first-order chi connectivity index (χ1) is 11.7. The van der Waals surface area contributed by atoms with Gasteiger partial charge < -0.3 is 15.1 Å². The van der Waals surface area contributed by atoms with E-state index in [9.17, 15) is 13.2 Å². The number of hydrogen-bond acceptors (Lipinski definition) is 5. The third-order valence-corrected chi connectivity index (χ3v) is 3.79. The van der Waals surface area contributed by atoms with Crippen molar-refractivity contribution in [1.29, 1.82) is 0 Å². The summed E-state index contributed by atoms with van der Waals surface area (Å²) in [5.41, 5.74) is -0.0621. The van der Waals surface area contributed by atoms with Crippen molar-refractivity contribution in [3.63, 3.8) is 0 Å². The number of nitrogens with one attached hydrogen (secondary N) is 1. The van der Waals surface area contributed by atoms with Crippen LogP contribution in [0.15, 0.2) is 36.7 Å². The summed E-state index contributed by atoms with van der Waals surface area (Å²) in [5, 5.41) is 3.19. The molecule has 8 heteroatoms. The third kappa shape index (κ3) is 4.82. The molecule has 0 fully saturated rings. The van der Waals surface area contributed by atoms with Crippen LogP contribution in [0.2, 0.25) is 0 Å². The molecular formula is C17H22F3N5. The van der Waals surface area contributed by atoms with Crippen molar-refractivity contribution in [2.45, 2.75) is 12.2 Å². The molecule has 1 aromatic carbocycles. The topological polar surface area (TPSA) is 44.3 Å². The standard InChI is InChI=1S/C17H22F3N5/c1-24(2)14(12-6-5-7-13(10-12)17(18,19)20)11-23-15-16(25(3)4)22-9-8-21-15/h5-10,14H,11H2,1-4H3,(H,21,23). The highest BCUT2D eigenvalue weighted by molar-refractivity contribution is 5.59. The predicted molar refractivity (Wildman–Crippen MR) is 92.7 cm³/mol. The van der Waals surface area contributed by atoms with Crippen LogP contribution in [0.1, 0.15) is 17.2 Å². The molecule has 2 rings (SSSR count). The maximum atomic E-state index is 13.0. The second-order valence-corrected chi connectivity index (χ2v) is 6.11. The number of nitrogens with zero attached hydrogens (tertiary/aromatic N) is 4. The van der Waals surface area contributed by atoms with Gasteiger partial charge >= 0.3 is 6.18 Å². The lowest BCUT2D eigenvalue weighted by Gasteiger charge is -2.26.